The summed E-state index contributed by atoms with van der Waals surface area (Å²) < 4.78 is 11.7. The number of aliphatic carboxylic acids is 6. The lowest BCUT2D eigenvalue weighted by Gasteiger charge is -2.37. The van der Waals surface area contributed by atoms with Crippen LogP contribution in [0.3, 0.4) is 0 Å². The molecule has 1 atom stereocenters. The van der Waals surface area contributed by atoms with Gasteiger partial charge >= 0.3 is 0 Å². The van der Waals surface area contributed by atoms with Crippen molar-refractivity contribution in [3.8, 4) is 11.5 Å². The van der Waals surface area contributed by atoms with Crippen LogP contribution in [0.15, 0.2) is 42.5 Å². The van der Waals surface area contributed by atoms with E-state index in [1.165, 1.54) is 23.8 Å². The fraction of sp³-hybridized carbons (Fsp3) is 0.471. The Kier molecular flexibility index (Phi) is 17.9. The summed E-state index contributed by atoms with van der Waals surface area (Å²) in [5, 5.41) is 68.4. The van der Waals surface area contributed by atoms with Gasteiger partial charge < -0.3 is 68.9 Å². The first kappa shape index (κ1) is 41.9. The van der Waals surface area contributed by atoms with E-state index < -0.39 is 94.2 Å². The number of carbonyl (C=O) groups excluding carboxylic acids is 6. The second-order valence-corrected chi connectivity index (χ2v) is 11.7. The molecule has 2 rings (SSSR count). The molecule has 0 heterocycles. The Balaban J connectivity index is 2.33. The van der Waals surface area contributed by atoms with Crippen molar-refractivity contribution >= 4 is 35.8 Å². The zero-order valence-electron chi connectivity index (χ0n) is 28.1. The van der Waals surface area contributed by atoms with Gasteiger partial charge in [0.05, 0.1) is 35.9 Å². The monoisotopic (exact) mass is 713 g/mol. The van der Waals surface area contributed by atoms with Crippen LogP contribution in [0.25, 0.3) is 0 Å². The first-order valence-electron chi connectivity index (χ1n) is 16.0. The minimum absolute atomic E-state index is 0.0146. The van der Waals surface area contributed by atoms with Crippen molar-refractivity contribution in [1.82, 2.24) is 14.7 Å². The van der Waals surface area contributed by atoms with Crippen LogP contribution in [0.1, 0.15) is 36.5 Å². The minimum atomic E-state index is -1.70. The first-order chi connectivity index (χ1) is 24.1. The third kappa shape index (κ3) is 17.3. The molecule has 0 fully saturated rings. The number of carboxylic acids is 6. The Morgan fingerprint density at radius 1 is 0.647 bits per heavy atom. The number of aryl methyl sites for hydroxylation is 1. The van der Waals surface area contributed by atoms with Gasteiger partial charge in [-0.25, -0.2) is 0 Å². The fourth-order valence-corrected chi connectivity index (χ4v) is 5.11. The number of ether oxygens (including phenoxy) is 2. The second-order valence-electron chi connectivity index (χ2n) is 11.7. The van der Waals surface area contributed by atoms with Gasteiger partial charge in [-0.3, -0.25) is 14.7 Å². The van der Waals surface area contributed by atoms with E-state index >= 15 is 0 Å². The topological polar surface area (TPSA) is 269 Å². The van der Waals surface area contributed by atoms with Crippen molar-refractivity contribution in [3.05, 3.63) is 59.2 Å². The Bertz CT molecular complexity index is 1450. The highest BCUT2D eigenvalue weighted by Gasteiger charge is 2.24. The van der Waals surface area contributed by atoms with E-state index in [9.17, 15) is 59.4 Å². The summed E-state index contributed by atoms with van der Waals surface area (Å²) in [5.74, 6) is -9.45. The van der Waals surface area contributed by atoms with Crippen LogP contribution >= 0.6 is 0 Å². The summed E-state index contributed by atoms with van der Waals surface area (Å²) in [6.07, 6.45) is 2.45. The molecule has 2 aromatic carbocycles. The van der Waals surface area contributed by atoms with Crippen LogP contribution in [0.5, 0.6) is 11.5 Å². The molecule has 0 aliphatic carbocycles. The highest BCUT2D eigenvalue weighted by molar-refractivity contribution is 5.71. The van der Waals surface area contributed by atoms with E-state index in [-0.39, 0.29) is 31.0 Å². The van der Waals surface area contributed by atoms with E-state index in [4.69, 9.17) is 9.47 Å². The molecule has 280 valence electrons. The maximum Gasteiger partial charge on any atom is 0.123 e. The number of rotatable bonds is 27. The van der Waals surface area contributed by atoms with E-state index in [2.05, 4.69) is 6.92 Å². The maximum absolute atomic E-state index is 11.6. The number of hydrogen-bond donors (Lipinski definition) is 0. The Hall–Kier alpha value is -5.26. The molecule has 0 N–H and O–H groups in total. The zero-order valence-corrected chi connectivity index (χ0v) is 28.1. The van der Waals surface area contributed by atoms with E-state index in [0.29, 0.717) is 5.75 Å². The molecule has 17 nitrogen and oxygen atoms in total. The maximum atomic E-state index is 11.6. The third-order valence-electron chi connectivity index (χ3n) is 7.49. The average Bonchev–Trinajstić information content (AvgIpc) is 3.02. The highest BCUT2D eigenvalue weighted by atomic mass is 16.5. The van der Waals surface area contributed by atoms with Crippen molar-refractivity contribution in [2.75, 3.05) is 59.0 Å². The number of carboxylic acid groups (broad SMARTS) is 6. The number of unbranched alkanes of at least 4 members (excludes halogenated alkanes) is 1. The highest BCUT2D eigenvalue weighted by Crippen LogP contribution is 2.26. The largest absolute Gasteiger partial charge is 0.550 e. The van der Waals surface area contributed by atoms with Crippen molar-refractivity contribution < 1.29 is 68.9 Å². The Labute approximate surface area is 294 Å². The van der Waals surface area contributed by atoms with E-state index in [0.717, 1.165) is 39.5 Å². The Morgan fingerprint density at radius 3 is 1.71 bits per heavy atom. The molecule has 0 amide bonds. The molecule has 0 spiro atoms. The molecule has 51 heavy (non-hydrogen) atoms. The SMILES string of the molecule is CCCCc1ccc(COc2ccc(OCC(CN(CCN(CC(=O)[O-])CC(=O)[O-])CC(=O)[O-])N(CC(=O)[O-])CC(=O)[O-])c(CC(=O)[O-])c2)cc1. The van der Waals surface area contributed by atoms with Crippen molar-refractivity contribution in [2.45, 2.75) is 45.3 Å². The smallest absolute Gasteiger partial charge is 0.123 e. The average molecular weight is 714 g/mol. The van der Waals surface area contributed by atoms with Crippen molar-refractivity contribution in [3.63, 3.8) is 0 Å². The van der Waals surface area contributed by atoms with Gasteiger partial charge in [0.25, 0.3) is 0 Å². The van der Waals surface area contributed by atoms with Crippen LogP contribution in [-0.2, 0) is 48.2 Å². The third-order valence-corrected chi connectivity index (χ3v) is 7.49. The summed E-state index contributed by atoms with van der Waals surface area (Å²) in [5.41, 5.74) is 2.15. The molecule has 2 aromatic rings. The number of carbonyl (C=O) groups is 6. The van der Waals surface area contributed by atoms with Gasteiger partial charge in [0, 0.05) is 70.3 Å². The Morgan fingerprint density at radius 2 is 1.18 bits per heavy atom. The molecule has 0 saturated heterocycles. The molecule has 1 unspecified atom stereocenters. The lowest BCUT2D eigenvalue weighted by atomic mass is 10.1. The first-order valence-corrected chi connectivity index (χ1v) is 16.0. The predicted octanol–water partition coefficient (Wildman–Crippen LogP) is -6.70. The molecule has 0 radical (unpaired) electrons. The normalized spacial score (nSPS) is 11.8. The van der Waals surface area contributed by atoms with E-state index in [1.807, 2.05) is 24.3 Å². The number of benzene rings is 2. The predicted molar refractivity (Wildman–Crippen MR) is 163 cm³/mol. The van der Waals surface area contributed by atoms with Gasteiger partial charge in [0.1, 0.15) is 24.7 Å². The van der Waals surface area contributed by atoms with Gasteiger partial charge in [-0.2, -0.15) is 0 Å². The summed E-state index contributed by atoms with van der Waals surface area (Å²) in [6, 6.07) is 10.9. The summed E-state index contributed by atoms with van der Waals surface area (Å²) in [6.45, 7) is -3.81. The summed E-state index contributed by atoms with van der Waals surface area (Å²) >= 11 is 0. The fourth-order valence-electron chi connectivity index (χ4n) is 5.11. The lowest BCUT2D eigenvalue weighted by molar-refractivity contribution is -0.313. The molecular formula is C34H39N3O14-6. The number of nitrogens with zero attached hydrogens (tertiary/aromatic N) is 3. The molecule has 0 aliphatic rings. The molecule has 0 aliphatic heterocycles. The van der Waals surface area contributed by atoms with Crippen LogP contribution in [0.4, 0.5) is 0 Å². The molecule has 0 bridgehead atoms. The summed E-state index contributed by atoms with van der Waals surface area (Å²) in [7, 11) is 0. The van der Waals surface area contributed by atoms with Crippen molar-refractivity contribution in [1.29, 1.82) is 0 Å². The van der Waals surface area contributed by atoms with Gasteiger partial charge in [0.15, 0.2) is 0 Å². The molecular weight excluding hydrogens is 674 g/mol. The van der Waals surface area contributed by atoms with Crippen LogP contribution in [-0.4, -0.2) is 116 Å². The van der Waals surface area contributed by atoms with Crippen molar-refractivity contribution in [2.24, 2.45) is 0 Å². The van der Waals surface area contributed by atoms with Gasteiger partial charge in [-0.1, -0.05) is 37.6 Å². The lowest BCUT2D eigenvalue weighted by Crippen LogP contribution is -2.56. The van der Waals surface area contributed by atoms with Gasteiger partial charge in [-0.15, -0.1) is 0 Å². The minimum Gasteiger partial charge on any atom is -0.550 e. The molecule has 0 aromatic heterocycles. The molecule has 17 heteroatoms. The van der Waals surface area contributed by atoms with Crippen LogP contribution in [0.2, 0.25) is 0 Å². The van der Waals surface area contributed by atoms with Crippen LogP contribution in [0, 0.1) is 0 Å². The van der Waals surface area contributed by atoms with Gasteiger partial charge in [-0.05, 0) is 42.2 Å². The van der Waals surface area contributed by atoms with Crippen LogP contribution < -0.4 is 40.1 Å². The standard InChI is InChI=1S/C34H45N3O14/c1-2-3-4-23-5-7-24(8-6-23)21-50-27-9-10-28(25(13-27)14-29(38)39)51-22-26(37(19-33(46)47)20-34(48)49)15-35(16-30(40)41)11-12-36(17-31(42)43)18-32(44)45/h5-10,13,26H,2-4,11-12,14-22H2,1H3,(H,38,39)(H,40,41)(H,42,43)(H,44,45)(H,46,47)(H,48,49)/p-6. The quantitative estimate of drug-likeness (QED) is 0.0832. The molecule has 0 saturated carbocycles. The van der Waals surface area contributed by atoms with Gasteiger partial charge in [0.2, 0.25) is 0 Å². The van der Waals surface area contributed by atoms with E-state index in [1.54, 1.807) is 0 Å². The number of hydrogen-bond acceptors (Lipinski definition) is 17. The second kappa shape index (κ2) is 21.7. The summed E-state index contributed by atoms with van der Waals surface area (Å²) in [4.78, 5) is 71.3. The zero-order chi connectivity index (χ0) is 37.9.